The van der Waals surface area contributed by atoms with E-state index in [1.807, 2.05) is 0 Å². The van der Waals surface area contributed by atoms with Crippen molar-refractivity contribution in [3.63, 3.8) is 0 Å². The largest absolute Gasteiger partial charge is 0.475 e. The molecule has 0 amide bonds. The molecule has 0 spiro atoms. The van der Waals surface area contributed by atoms with E-state index in [2.05, 4.69) is 0 Å². The summed E-state index contributed by atoms with van der Waals surface area (Å²) in [6.07, 6.45) is -1.24. The summed E-state index contributed by atoms with van der Waals surface area (Å²) in [6, 6.07) is 2.98. The number of halogens is 4. The van der Waals surface area contributed by atoms with Crippen LogP contribution in [0, 0.1) is 5.82 Å². The van der Waals surface area contributed by atoms with E-state index in [4.69, 9.17) is 9.47 Å². The maximum Gasteiger partial charge on any atom is 0.475 e. The molecule has 1 aromatic carbocycles. The monoisotopic (exact) mass is 284 g/mol. The Morgan fingerprint density at radius 2 is 1.83 bits per heavy atom. The first-order valence-electron chi connectivity index (χ1n) is 4.91. The zero-order valence-corrected chi connectivity index (χ0v) is 9.68. The van der Waals surface area contributed by atoms with Gasteiger partial charge in [0.25, 0.3) is 0 Å². The van der Waals surface area contributed by atoms with Crippen LogP contribution in [0.25, 0.3) is 0 Å². The summed E-state index contributed by atoms with van der Waals surface area (Å²) in [5.41, 5.74) is -5.41. The number of hydrogen-bond acceptors (Lipinski definition) is 3. The Labute approximate surface area is 102 Å². The molecule has 0 saturated carbocycles. The molecule has 1 saturated heterocycles. The molecule has 0 bridgehead atoms. The Bertz CT molecular complexity index is 469. The molecule has 0 N–H and O–H groups in total. The van der Waals surface area contributed by atoms with Crippen LogP contribution in [-0.4, -0.2) is 22.9 Å². The Hall–Kier alpha value is -0.990. The third kappa shape index (κ3) is 2.55. The van der Waals surface area contributed by atoms with Crippen LogP contribution < -0.4 is 0 Å². The Balaban J connectivity index is 2.47. The smallest absolute Gasteiger partial charge is 0.346 e. The topological polar surface area (TPSA) is 35.5 Å². The van der Waals surface area contributed by atoms with Crippen molar-refractivity contribution >= 4 is 10.8 Å². The molecule has 1 fully saturated rings. The van der Waals surface area contributed by atoms with Gasteiger partial charge in [0.15, 0.2) is 17.1 Å². The first-order valence-corrected chi connectivity index (χ1v) is 6.06. The number of benzene rings is 1. The van der Waals surface area contributed by atoms with Crippen LogP contribution in [-0.2, 0) is 20.3 Å². The van der Waals surface area contributed by atoms with Gasteiger partial charge in [0.05, 0.1) is 23.7 Å². The molecule has 1 unspecified atom stereocenters. The fraction of sp³-hybridized carbons (Fsp3) is 0.400. The van der Waals surface area contributed by atoms with Crippen LogP contribution in [0.5, 0.6) is 0 Å². The lowest BCUT2D eigenvalue weighted by Crippen LogP contribution is -2.19. The number of hydrogen-bond donors (Lipinski definition) is 0. The zero-order chi connectivity index (χ0) is 13.3. The van der Waals surface area contributed by atoms with Crippen molar-refractivity contribution in [1.82, 2.24) is 0 Å². The van der Waals surface area contributed by atoms with Gasteiger partial charge in [-0.05, 0) is 12.1 Å². The van der Waals surface area contributed by atoms with E-state index >= 15 is 0 Å². The Morgan fingerprint density at radius 3 is 2.39 bits per heavy atom. The minimum absolute atomic E-state index is 0.150. The average Bonchev–Trinajstić information content (AvgIpc) is 2.79. The molecular formula is C10H8F4O3S. The van der Waals surface area contributed by atoms with Gasteiger partial charge in [-0.15, -0.1) is 0 Å². The Kier molecular flexibility index (Phi) is 3.69. The van der Waals surface area contributed by atoms with Crippen LogP contribution in [0.15, 0.2) is 23.1 Å². The van der Waals surface area contributed by atoms with Crippen LogP contribution in [0.2, 0.25) is 0 Å². The first-order chi connectivity index (χ1) is 8.41. The van der Waals surface area contributed by atoms with E-state index in [1.54, 1.807) is 0 Å². The van der Waals surface area contributed by atoms with Crippen molar-refractivity contribution < 1.29 is 31.2 Å². The molecule has 3 nitrogen and oxygen atoms in total. The van der Waals surface area contributed by atoms with Gasteiger partial charge in [0.2, 0.25) is 0 Å². The van der Waals surface area contributed by atoms with Crippen molar-refractivity contribution in [2.75, 3.05) is 13.2 Å². The molecule has 8 heteroatoms. The minimum Gasteiger partial charge on any atom is -0.346 e. The van der Waals surface area contributed by atoms with Gasteiger partial charge >= 0.3 is 5.51 Å². The molecular weight excluding hydrogens is 276 g/mol. The average molecular weight is 284 g/mol. The lowest BCUT2D eigenvalue weighted by Gasteiger charge is -2.16. The Morgan fingerprint density at radius 1 is 1.22 bits per heavy atom. The van der Waals surface area contributed by atoms with Gasteiger partial charge in [-0.1, -0.05) is 6.07 Å². The highest BCUT2D eigenvalue weighted by Crippen LogP contribution is 2.35. The van der Waals surface area contributed by atoms with E-state index < -0.39 is 38.9 Å². The summed E-state index contributed by atoms with van der Waals surface area (Å²) in [4.78, 5) is -0.672. The summed E-state index contributed by atoms with van der Waals surface area (Å²) >= 11 is 0. The second-order valence-electron chi connectivity index (χ2n) is 3.44. The molecule has 0 radical (unpaired) electrons. The third-order valence-electron chi connectivity index (χ3n) is 2.28. The quantitative estimate of drug-likeness (QED) is 0.783. The molecule has 18 heavy (non-hydrogen) atoms. The second-order valence-corrected chi connectivity index (χ2v) is 4.88. The first kappa shape index (κ1) is 13.4. The molecule has 1 atom stereocenters. The van der Waals surface area contributed by atoms with E-state index in [0.29, 0.717) is 0 Å². The molecule has 1 heterocycles. The van der Waals surface area contributed by atoms with Gasteiger partial charge < -0.3 is 9.47 Å². The lowest BCUT2D eigenvalue weighted by atomic mass is 10.2. The van der Waals surface area contributed by atoms with Gasteiger partial charge in [-0.3, -0.25) is 0 Å². The highest BCUT2D eigenvalue weighted by molar-refractivity contribution is 7.86. The van der Waals surface area contributed by atoms with Gasteiger partial charge in [-0.25, -0.2) is 8.60 Å². The molecule has 100 valence electrons. The van der Waals surface area contributed by atoms with Crippen molar-refractivity contribution in [2.24, 2.45) is 0 Å². The molecule has 0 aromatic heterocycles. The van der Waals surface area contributed by atoms with Crippen LogP contribution in [0.1, 0.15) is 11.9 Å². The third-order valence-corrected chi connectivity index (χ3v) is 3.46. The van der Waals surface area contributed by atoms with Crippen molar-refractivity contribution in [2.45, 2.75) is 16.7 Å². The predicted molar refractivity (Wildman–Crippen MR) is 53.5 cm³/mol. The van der Waals surface area contributed by atoms with Crippen LogP contribution in [0.3, 0.4) is 0 Å². The van der Waals surface area contributed by atoms with E-state index in [-0.39, 0.29) is 13.2 Å². The number of alkyl halides is 3. The molecule has 1 aliphatic heterocycles. The van der Waals surface area contributed by atoms with Crippen molar-refractivity contribution in [3.05, 3.63) is 29.6 Å². The maximum atomic E-state index is 13.6. The summed E-state index contributed by atoms with van der Waals surface area (Å²) < 4.78 is 72.1. The van der Waals surface area contributed by atoms with E-state index in [0.717, 1.165) is 18.2 Å². The summed E-state index contributed by atoms with van der Waals surface area (Å²) in [5.74, 6) is -0.933. The summed E-state index contributed by atoms with van der Waals surface area (Å²) in [5, 5.41) is 0. The van der Waals surface area contributed by atoms with Crippen LogP contribution in [0.4, 0.5) is 17.6 Å². The standard InChI is InChI=1S/C10H8F4O3S/c11-6-2-1-3-7(18(15)10(12,13)14)8(6)9-16-4-5-17-9/h1-3,9H,4-5H2. The molecule has 2 rings (SSSR count). The van der Waals surface area contributed by atoms with Gasteiger partial charge in [0.1, 0.15) is 5.82 Å². The van der Waals surface area contributed by atoms with Gasteiger partial charge in [0, 0.05) is 0 Å². The maximum absolute atomic E-state index is 13.6. The number of ether oxygens (including phenoxy) is 2. The fourth-order valence-corrected chi connectivity index (χ4v) is 2.40. The number of rotatable bonds is 2. The van der Waals surface area contributed by atoms with E-state index in [1.165, 1.54) is 0 Å². The minimum atomic E-state index is -4.96. The predicted octanol–water partition coefficient (Wildman–Crippen LogP) is 2.50. The zero-order valence-electron chi connectivity index (χ0n) is 8.87. The highest BCUT2D eigenvalue weighted by Gasteiger charge is 2.41. The highest BCUT2D eigenvalue weighted by atomic mass is 32.2. The summed E-state index contributed by atoms with van der Waals surface area (Å²) in [7, 11) is -3.32. The fourth-order valence-electron chi connectivity index (χ4n) is 1.56. The SMILES string of the molecule is O=S(c1cccc(F)c1C1OCCO1)C(F)(F)F. The van der Waals surface area contributed by atoms with Crippen molar-refractivity contribution in [1.29, 1.82) is 0 Å². The summed E-state index contributed by atoms with van der Waals surface area (Å²) in [6.45, 7) is 0.300. The van der Waals surface area contributed by atoms with E-state index in [9.17, 15) is 21.8 Å². The van der Waals surface area contributed by atoms with Crippen LogP contribution >= 0.6 is 0 Å². The van der Waals surface area contributed by atoms with Crippen molar-refractivity contribution in [3.8, 4) is 0 Å². The normalized spacial score (nSPS) is 19.1. The molecule has 1 aliphatic rings. The van der Waals surface area contributed by atoms with Gasteiger partial charge in [-0.2, -0.15) is 13.2 Å². The second kappa shape index (κ2) is 4.94. The lowest BCUT2D eigenvalue weighted by molar-refractivity contribution is -0.0501. The molecule has 0 aliphatic carbocycles. The molecule has 1 aromatic rings.